The van der Waals surface area contributed by atoms with Crippen LogP contribution < -0.4 is 15.6 Å². The van der Waals surface area contributed by atoms with Crippen molar-refractivity contribution >= 4 is 5.95 Å². The number of rotatable bonds is 5. The molecule has 2 aromatic rings. The topological polar surface area (TPSA) is 76.2 Å². The molecular formula is C16H19N3O3. The SMILES string of the molecule is COc1ccc(-c2cc(=O)[nH]c(NC[C@H]3CCCO3)n2)cc1. The van der Waals surface area contributed by atoms with E-state index in [2.05, 4.69) is 15.3 Å². The standard InChI is InChI=1S/C16H19N3O3/c1-21-12-6-4-11(5-7-12)14-9-15(20)19-16(18-14)17-10-13-3-2-8-22-13/h4-7,9,13H,2-3,8,10H2,1H3,(H2,17,18,19,20)/t13-/m1/s1. The van der Waals surface area contributed by atoms with Gasteiger partial charge in [-0.15, -0.1) is 0 Å². The van der Waals surface area contributed by atoms with E-state index in [1.54, 1.807) is 7.11 Å². The Balaban J connectivity index is 1.77. The molecule has 1 fully saturated rings. The van der Waals surface area contributed by atoms with Gasteiger partial charge in [0, 0.05) is 24.8 Å². The lowest BCUT2D eigenvalue weighted by Crippen LogP contribution is -2.21. The summed E-state index contributed by atoms with van der Waals surface area (Å²) in [6.07, 6.45) is 2.31. The second-order valence-corrected chi connectivity index (χ2v) is 5.22. The molecule has 1 aliphatic rings. The molecule has 1 aliphatic heterocycles. The molecule has 1 aromatic heterocycles. The molecule has 116 valence electrons. The number of ether oxygens (including phenoxy) is 2. The van der Waals surface area contributed by atoms with Crippen LogP contribution in [0.25, 0.3) is 11.3 Å². The molecule has 6 heteroatoms. The van der Waals surface area contributed by atoms with E-state index in [1.807, 2.05) is 24.3 Å². The van der Waals surface area contributed by atoms with Gasteiger partial charge in [-0.2, -0.15) is 0 Å². The first kappa shape index (κ1) is 14.6. The monoisotopic (exact) mass is 301 g/mol. The van der Waals surface area contributed by atoms with Crippen molar-refractivity contribution in [2.24, 2.45) is 0 Å². The third kappa shape index (κ3) is 3.46. The highest BCUT2D eigenvalue weighted by atomic mass is 16.5. The van der Waals surface area contributed by atoms with Crippen LogP contribution in [0.15, 0.2) is 35.1 Å². The van der Waals surface area contributed by atoms with Crippen LogP contribution in [0.2, 0.25) is 0 Å². The van der Waals surface area contributed by atoms with Crippen molar-refractivity contribution in [3.05, 3.63) is 40.7 Å². The zero-order chi connectivity index (χ0) is 15.4. The van der Waals surface area contributed by atoms with E-state index in [0.717, 1.165) is 30.8 Å². The maximum Gasteiger partial charge on any atom is 0.252 e. The molecule has 1 atom stereocenters. The van der Waals surface area contributed by atoms with Crippen molar-refractivity contribution in [2.45, 2.75) is 18.9 Å². The average Bonchev–Trinajstić information content (AvgIpc) is 3.06. The van der Waals surface area contributed by atoms with E-state index < -0.39 is 0 Å². The van der Waals surface area contributed by atoms with Crippen LogP contribution in [0.1, 0.15) is 12.8 Å². The van der Waals surface area contributed by atoms with Gasteiger partial charge in [0.1, 0.15) is 5.75 Å². The van der Waals surface area contributed by atoms with Gasteiger partial charge in [-0.05, 0) is 37.1 Å². The number of anilines is 1. The minimum Gasteiger partial charge on any atom is -0.497 e. The Morgan fingerprint density at radius 3 is 2.91 bits per heavy atom. The van der Waals surface area contributed by atoms with E-state index in [0.29, 0.717) is 18.2 Å². The number of aromatic amines is 1. The van der Waals surface area contributed by atoms with E-state index in [1.165, 1.54) is 6.07 Å². The average molecular weight is 301 g/mol. The lowest BCUT2D eigenvalue weighted by atomic mass is 10.1. The van der Waals surface area contributed by atoms with Gasteiger partial charge in [0.25, 0.3) is 5.56 Å². The molecular weight excluding hydrogens is 282 g/mol. The van der Waals surface area contributed by atoms with Crippen molar-refractivity contribution in [3.63, 3.8) is 0 Å². The maximum atomic E-state index is 11.8. The molecule has 2 N–H and O–H groups in total. The van der Waals surface area contributed by atoms with Crippen LogP contribution in [-0.4, -0.2) is 36.3 Å². The number of benzene rings is 1. The molecule has 0 radical (unpaired) electrons. The second-order valence-electron chi connectivity index (χ2n) is 5.22. The number of methoxy groups -OCH3 is 1. The number of nitrogens with zero attached hydrogens (tertiary/aromatic N) is 1. The van der Waals surface area contributed by atoms with E-state index in [-0.39, 0.29) is 11.7 Å². The van der Waals surface area contributed by atoms with Gasteiger partial charge >= 0.3 is 0 Å². The summed E-state index contributed by atoms with van der Waals surface area (Å²) in [6, 6.07) is 8.93. The van der Waals surface area contributed by atoms with Crippen LogP contribution in [0.3, 0.4) is 0 Å². The predicted octanol–water partition coefficient (Wildman–Crippen LogP) is 2.04. The van der Waals surface area contributed by atoms with Gasteiger partial charge in [-0.3, -0.25) is 9.78 Å². The third-order valence-electron chi connectivity index (χ3n) is 3.65. The van der Waals surface area contributed by atoms with Crippen LogP contribution in [0.4, 0.5) is 5.95 Å². The van der Waals surface area contributed by atoms with Gasteiger partial charge in [0.05, 0.1) is 18.9 Å². The minimum atomic E-state index is -0.185. The molecule has 0 spiro atoms. The highest BCUT2D eigenvalue weighted by molar-refractivity contribution is 5.60. The maximum absolute atomic E-state index is 11.8. The van der Waals surface area contributed by atoms with Gasteiger partial charge < -0.3 is 14.8 Å². The summed E-state index contributed by atoms with van der Waals surface area (Å²) >= 11 is 0. The van der Waals surface area contributed by atoms with Crippen LogP contribution in [0.5, 0.6) is 5.75 Å². The first-order valence-electron chi connectivity index (χ1n) is 7.36. The largest absolute Gasteiger partial charge is 0.497 e. The molecule has 0 amide bonds. The quantitative estimate of drug-likeness (QED) is 0.884. The van der Waals surface area contributed by atoms with E-state index in [9.17, 15) is 4.79 Å². The van der Waals surface area contributed by atoms with Crippen molar-refractivity contribution in [1.29, 1.82) is 0 Å². The Morgan fingerprint density at radius 1 is 1.41 bits per heavy atom. The summed E-state index contributed by atoms with van der Waals surface area (Å²) in [5.41, 5.74) is 1.31. The van der Waals surface area contributed by atoms with Gasteiger partial charge in [0.2, 0.25) is 5.95 Å². The van der Waals surface area contributed by atoms with E-state index in [4.69, 9.17) is 9.47 Å². The van der Waals surface area contributed by atoms with Gasteiger partial charge in [0.15, 0.2) is 0 Å². The predicted molar refractivity (Wildman–Crippen MR) is 84.3 cm³/mol. The molecule has 6 nitrogen and oxygen atoms in total. The summed E-state index contributed by atoms with van der Waals surface area (Å²) < 4.78 is 10.7. The minimum absolute atomic E-state index is 0.185. The molecule has 1 saturated heterocycles. The summed E-state index contributed by atoms with van der Waals surface area (Å²) in [6.45, 7) is 1.46. The number of aromatic nitrogens is 2. The van der Waals surface area contributed by atoms with Gasteiger partial charge in [-0.25, -0.2) is 4.98 Å². The van der Waals surface area contributed by atoms with Crippen molar-refractivity contribution in [2.75, 3.05) is 25.6 Å². The smallest absolute Gasteiger partial charge is 0.252 e. The van der Waals surface area contributed by atoms with Crippen molar-refractivity contribution in [1.82, 2.24) is 9.97 Å². The normalized spacial score (nSPS) is 17.4. The highest BCUT2D eigenvalue weighted by Crippen LogP contribution is 2.20. The molecule has 3 rings (SSSR count). The Bertz CT molecular complexity index is 676. The lowest BCUT2D eigenvalue weighted by Gasteiger charge is -2.11. The second kappa shape index (κ2) is 6.62. The zero-order valence-electron chi connectivity index (χ0n) is 12.5. The van der Waals surface area contributed by atoms with Crippen LogP contribution >= 0.6 is 0 Å². The van der Waals surface area contributed by atoms with Crippen molar-refractivity contribution in [3.8, 4) is 17.0 Å². The number of nitrogens with one attached hydrogen (secondary N) is 2. The third-order valence-corrected chi connectivity index (χ3v) is 3.65. The number of hydrogen-bond acceptors (Lipinski definition) is 5. The molecule has 0 aliphatic carbocycles. The number of H-pyrrole nitrogens is 1. The first-order chi connectivity index (χ1) is 10.7. The fourth-order valence-electron chi connectivity index (χ4n) is 2.47. The molecule has 0 saturated carbocycles. The first-order valence-corrected chi connectivity index (χ1v) is 7.36. The fourth-order valence-corrected chi connectivity index (χ4v) is 2.47. The van der Waals surface area contributed by atoms with Crippen LogP contribution in [0, 0.1) is 0 Å². The Hall–Kier alpha value is -2.34. The molecule has 2 heterocycles. The summed E-state index contributed by atoms with van der Waals surface area (Å²) in [5.74, 6) is 1.24. The number of hydrogen-bond donors (Lipinski definition) is 2. The van der Waals surface area contributed by atoms with Crippen molar-refractivity contribution < 1.29 is 9.47 Å². The molecule has 1 aromatic carbocycles. The molecule has 0 bridgehead atoms. The Labute approximate surface area is 128 Å². The van der Waals surface area contributed by atoms with Crippen LogP contribution in [-0.2, 0) is 4.74 Å². The Kier molecular flexibility index (Phi) is 4.39. The van der Waals surface area contributed by atoms with Gasteiger partial charge in [-0.1, -0.05) is 0 Å². The highest BCUT2D eigenvalue weighted by Gasteiger charge is 2.15. The molecule has 0 unspecified atom stereocenters. The lowest BCUT2D eigenvalue weighted by molar-refractivity contribution is 0.120. The summed E-state index contributed by atoms with van der Waals surface area (Å²) in [5, 5.41) is 3.14. The zero-order valence-corrected chi connectivity index (χ0v) is 12.5. The Morgan fingerprint density at radius 2 is 2.23 bits per heavy atom. The summed E-state index contributed by atoms with van der Waals surface area (Å²) in [7, 11) is 1.62. The fraction of sp³-hybridized carbons (Fsp3) is 0.375. The summed E-state index contributed by atoms with van der Waals surface area (Å²) in [4.78, 5) is 19.0. The molecule has 22 heavy (non-hydrogen) atoms. The van der Waals surface area contributed by atoms with E-state index >= 15 is 0 Å².